The summed E-state index contributed by atoms with van der Waals surface area (Å²) in [4.78, 5) is 17.1. The van der Waals surface area contributed by atoms with Gasteiger partial charge in [0.2, 0.25) is 5.79 Å². The summed E-state index contributed by atoms with van der Waals surface area (Å²) in [5, 5.41) is 16.5. The first-order valence-electron chi connectivity index (χ1n) is 16.4. The first-order valence-corrected chi connectivity index (χ1v) is 17.2. The lowest BCUT2D eigenvalue weighted by molar-refractivity contribution is -0.190. The summed E-state index contributed by atoms with van der Waals surface area (Å²) in [7, 11) is 0. The molecule has 2 fully saturated rings. The molecule has 262 valence electrons. The summed E-state index contributed by atoms with van der Waals surface area (Å²) in [5.74, 6) is -0.908. The van der Waals surface area contributed by atoms with Crippen LogP contribution in [0.1, 0.15) is 31.9 Å². The van der Waals surface area contributed by atoms with Crippen molar-refractivity contribution in [2.75, 3.05) is 49.2 Å². The third kappa shape index (κ3) is 6.93. The van der Waals surface area contributed by atoms with E-state index in [1.807, 2.05) is 43.0 Å². The Morgan fingerprint density at radius 3 is 2.46 bits per heavy atom. The lowest BCUT2D eigenvalue weighted by Gasteiger charge is -2.37. The molecule has 0 amide bonds. The molecule has 0 N–H and O–H groups in total. The monoisotopic (exact) mass is 723 g/mol. The summed E-state index contributed by atoms with van der Waals surface area (Å²) in [6, 6.07) is 17.9. The fourth-order valence-corrected chi connectivity index (χ4v) is 6.79. The predicted molar refractivity (Wildman–Crippen MR) is 186 cm³/mol. The predicted octanol–water partition coefficient (Wildman–Crippen LogP) is 5.11. The van der Waals surface area contributed by atoms with Crippen LogP contribution in [0.3, 0.4) is 0 Å². The Kier molecular flexibility index (Phi) is 9.78. The molecule has 0 aliphatic carbocycles. The standard InChI is InChI=1S/C34H36Cl2FN9O4/c1-3-23(2)46-33(47)45(22-39-46)26-7-11-32(31(37)17-26)43-14-12-42(13-15-43)25-5-8-27(9-6-25)48-18-28-19-49-34(50-28,20-44-21-38-40-41-44)29-10-4-24(35)16-30(29)36/h4-11,16-17,21-23,28H,3,12-15,18-20H2,1-2H3/t23-,28-,34-/m1/s1. The minimum atomic E-state index is -1.22. The van der Waals surface area contributed by atoms with Gasteiger partial charge in [0.05, 0.1) is 29.0 Å². The van der Waals surface area contributed by atoms with Crippen LogP contribution < -0.4 is 20.2 Å². The second kappa shape index (κ2) is 14.4. The van der Waals surface area contributed by atoms with E-state index >= 15 is 4.39 Å². The number of ether oxygens (including phenoxy) is 3. The van der Waals surface area contributed by atoms with Gasteiger partial charge in [-0.15, -0.1) is 5.10 Å². The Labute approximate surface area is 297 Å². The molecule has 7 rings (SSSR count). The average Bonchev–Trinajstić information content (AvgIpc) is 3.88. The number of rotatable bonds is 11. The van der Waals surface area contributed by atoms with E-state index in [1.54, 1.807) is 30.3 Å². The van der Waals surface area contributed by atoms with Crippen LogP contribution >= 0.6 is 23.2 Å². The van der Waals surface area contributed by atoms with E-state index in [9.17, 15) is 4.79 Å². The normalized spacial score (nSPS) is 20.0. The van der Waals surface area contributed by atoms with Gasteiger partial charge in [0, 0.05) is 48.5 Å². The summed E-state index contributed by atoms with van der Waals surface area (Å²) in [6.45, 7) is 7.34. The number of halogens is 3. The van der Waals surface area contributed by atoms with Gasteiger partial charge in [0.1, 0.15) is 43.5 Å². The molecular weight excluding hydrogens is 688 g/mol. The molecule has 16 heteroatoms. The second-order valence-electron chi connectivity index (χ2n) is 12.3. The molecule has 0 unspecified atom stereocenters. The Morgan fingerprint density at radius 1 is 1.00 bits per heavy atom. The van der Waals surface area contributed by atoms with Crippen LogP contribution in [0.4, 0.5) is 15.8 Å². The summed E-state index contributed by atoms with van der Waals surface area (Å²) >= 11 is 12.7. The van der Waals surface area contributed by atoms with Crippen LogP contribution in [0.2, 0.25) is 10.0 Å². The van der Waals surface area contributed by atoms with Crippen molar-refractivity contribution in [2.24, 2.45) is 0 Å². The molecule has 13 nitrogen and oxygen atoms in total. The molecule has 2 aliphatic heterocycles. The maximum Gasteiger partial charge on any atom is 0.350 e. The van der Waals surface area contributed by atoms with Gasteiger partial charge in [-0.3, -0.25) is 0 Å². The van der Waals surface area contributed by atoms with Crippen molar-refractivity contribution in [3.63, 3.8) is 0 Å². The van der Waals surface area contributed by atoms with Crippen LogP contribution in [0.15, 0.2) is 78.1 Å². The lowest BCUT2D eigenvalue weighted by Crippen LogP contribution is -2.46. The molecule has 50 heavy (non-hydrogen) atoms. The van der Waals surface area contributed by atoms with Crippen molar-refractivity contribution < 1.29 is 18.6 Å². The van der Waals surface area contributed by atoms with Gasteiger partial charge in [0.15, 0.2) is 0 Å². The van der Waals surface area contributed by atoms with E-state index in [4.69, 9.17) is 37.4 Å². The topological polar surface area (TPSA) is 118 Å². The number of benzene rings is 3. The highest BCUT2D eigenvalue weighted by Gasteiger charge is 2.46. The number of nitrogens with zero attached hydrogens (tertiary/aromatic N) is 9. The van der Waals surface area contributed by atoms with Crippen LogP contribution in [-0.4, -0.2) is 80.1 Å². The van der Waals surface area contributed by atoms with Crippen LogP contribution in [0.5, 0.6) is 5.75 Å². The number of hydrogen-bond donors (Lipinski definition) is 0. The number of anilines is 2. The minimum absolute atomic E-state index is 0.0345. The third-order valence-electron chi connectivity index (χ3n) is 9.13. The highest BCUT2D eigenvalue weighted by molar-refractivity contribution is 6.35. The Bertz CT molecular complexity index is 1980. The Morgan fingerprint density at radius 2 is 1.76 bits per heavy atom. The Balaban J connectivity index is 0.939. The van der Waals surface area contributed by atoms with Gasteiger partial charge < -0.3 is 24.0 Å². The molecule has 0 radical (unpaired) electrons. The SMILES string of the molecule is CC[C@@H](C)n1ncn(-c2ccc(N3CCN(c4ccc(OC[C@@H]5CO[C@@](Cn6cnnn6)(c6ccc(Cl)cc6Cl)O5)cc4)CC3)c(F)c2)c1=O. The van der Waals surface area contributed by atoms with Gasteiger partial charge >= 0.3 is 5.69 Å². The van der Waals surface area contributed by atoms with Gasteiger partial charge in [0.25, 0.3) is 0 Å². The molecule has 3 atom stereocenters. The maximum atomic E-state index is 15.3. The first-order chi connectivity index (χ1) is 24.2. The zero-order valence-electron chi connectivity index (χ0n) is 27.5. The van der Waals surface area contributed by atoms with Crippen molar-refractivity contribution in [1.29, 1.82) is 0 Å². The van der Waals surface area contributed by atoms with Gasteiger partial charge in [-0.1, -0.05) is 36.2 Å². The highest BCUT2D eigenvalue weighted by Crippen LogP contribution is 2.40. The summed E-state index contributed by atoms with van der Waals surface area (Å²) in [5.41, 5.74) is 2.35. The summed E-state index contributed by atoms with van der Waals surface area (Å²) < 4.78 is 38.4. The first kappa shape index (κ1) is 34.0. The maximum absolute atomic E-state index is 15.3. The van der Waals surface area contributed by atoms with Crippen molar-refractivity contribution in [3.8, 4) is 11.4 Å². The number of hydrogen-bond acceptors (Lipinski definition) is 10. The van der Waals surface area contributed by atoms with E-state index in [0.29, 0.717) is 58.9 Å². The molecule has 2 saturated heterocycles. The largest absolute Gasteiger partial charge is 0.491 e. The van der Waals surface area contributed by atoms with Gasteiger partial charge in [-0.25, -0.2) is 23.1 Å². The molecular formula is C34H36Cl2FN9O4. The number of piperazine rings is 1. The van der Waals surface area contributed by atoms with Crippen molar-refractivity contribution in [3.05, 3.63) is 105 Å². The van der Waals surface area contributed by atoms with Crippen molar-refractivity contribution >= 4 is 34.6 Å². The van der Waals surface area contributed by atoms with E-state index in [1.165, 1.54) is 32.7 Å². The highest BCUT2D eigenvalue weighted by atomic mass is 35.5. The lowest BCUT2D eigenvalue weighted by atomic mass is 10.1. The van der Waals surface area contributed by atoms with Crippen LogP contribution in [-0.2, 0) is 21.8 Å². The molecule has 4 heterocycles. The number of tetrazole rings is 1. The van der Waals surface area contributed by atoms with E-state index in [0.717, 1.165) is 12.1 Å². The quantitative estimate of drug-likeness (QED) is 0.182. The number of aromatic nitrogens is 7. The van der Waals surface area contributed by atoms with E-state index < -0.39 is 5.79 Å². The van der Waals surface area contributed by atoms with Crippen LogP contribution in [0, 0.1) is 5.82 Å². The van der Waals surface area contributed by atoms with E-state index in [-0.39, 0.29) is 43.4 Å². The Hall–Kier alpha value is -4.50. The molecule has 2 aromatic heterocycles. The molecule has 2 aliphatic rings. The van der Waals surface area contributed by atoms with Crippen LogP contribution in [0.25, 0.3) is 5.69 Å². The van der Waals surface area contributed by atoms with Crippen molar-refractivity contribution in [2.45, 2.75) is 44.7 Å². The van der Waals surface area contributed by atoms with Gasteiger partial charge in [-0.05, 0) is 72.3 Å². The second-order valence-corrected chi connectivity index (χ2v) is 13.2. The zero-order valence-corrected chi connectivity index (χ0v) is 29.0. The molecule has 0 bridgehead atoms. The van der Waals surface area contributed by atoms with Crippen molar-refractivity contribution in [1.82, 2.24) is 34.6 Å². The third-order valence-corrected chi connectivity index (χ3v) is 9.68. The summed E-state index contributed by atoms with van der Waals surface area (Å²) in [6.07, 6.45) is 3.31. The average molecular weight is 725 g/mol. The molecule has 5 aromatic rings. The van der Waals surface area contributed by atoms with E-state index in [2.05, 4.69) is 25.5 Å². The molecule has 3 aromatic carbocycles. The fraction of sp³-hybridized carbons (Fsp3) is 0.382. The zero-order chi connectivity index (χ0) is 34.8. The fourth-order valence-electron chi connectivity index (χ4n) is 6.24. The van der Waals surface area contributed by atoms with Gasteiger partial charge in [-0.2, -0.15) is 5.10 Å². The molecule has 0 saturated carbocycles. The minimum Gasteiger partial charge on any atom is -0.491 e. The smallest absolute Gasteiger partial charge is 0.350 e. The molecule has 0 spiro atoms.